The van der Waals surface area contributed by atoms with Gasteiger partial charge in [0, 0.05) is 23.2 Å². The zero-order valence-electron chi connectivity index (χ0n) is 12.1. The first-order chi connectivity index (χ1) is 10.1. The molecule has 1 aliphatic rings. The van der Waals surface area contributed by atoms with Crippen molar-refractivity contribution < 1.29 is 9.90 Å². The monoisotopic (exact) mass is 339 g/mol. The summed E-state index contributed by atoms with van der Waals surface area (Å²) in [7, 11) is 0. The highest BCUT2D eigenvalue weighted by atomic mass is 35.5. The minimum Gasteiger partial charge on any atom is -0.392 e. The minimum absolute atomic E-state index is 0. The van der Waals surface area contributed by atoms with Crippen molar-refractivity contribution in [1.82, 2.24) is 10.3 Å². The number of amides is 1. The summed E-state index contributed by atoms with van der Waals surface area (Å²) in [6.07, 6.45) is 0.0154. The Morgan fingerprint density at radius 2 is 2.32 bits per heavy atom. The van der Waals surface area contributed by atoms with Gasteiger partial charge in [-0.15, -0.1) is 23.7 Å². The first kappa shape index (κ1) is 16.9. The van der Waals surface area contributed by atoms with Crippen LogP contribution in [0.5, 0.6) is 0 Å². The minimum atomic E-state index is -0.440. The van der Waals surface area contributed by atoms with E-state index in [1.165, 1.54) is 0 Å². The summed E-state index contributed by atoms with van der Waals surface area (Å²) in [6.45, 7) is 2.44. The zero-order valence-corrected chi connectivity index (χ0v) is 13.7. The molecule has 2 aromatic rings. The third-order valence-corrected chi connectivity index (χ3v) is 4.24. The number of benzene rings is 1. The quantitative estimate of drug-likeness (QED) is 0.801. The molecule has 1 aliphatic heterocycles. The average molecular weight is 340 g/mol. The fourth-order valence-electron chi connectivity index (χ4n) is 2.40. The van der Waals surface area contributed by atoms with Crippen LogP contribution in [0.2, 0.25) is 0 Å². The maximum atomic E-state index is 12.1. The van der Waals surface area contributed by atoms with Gasteiger partial charge in [0.1, 0.15) is 0 Å². The van der Waals surface area contributed by atoms with Gasteiger partial charge >= 0.3 is 0 Å². The molecule has 0 saturated carbocycles. The van der Waals surface area contributed by atoms with Crippen molar-refractivity contribution in [3.63, 3.8) is 0 Å². The number of aryl methyl sites for hydroxylation is 1. The number of aliphatic hydroxyl groups is 1. The summed E-state index contributed by atoms with van der Waals surface area (Å²) < 4.78 is 0. The van der Waals surface area contributed by atoms with Crippen LogP contribution in [-0.4, -0.2) is 34.7 Å². The molecule has 118 valence electrons. The fourth-order valence-corrected chi connectivity index (χ4v) is 3.02. The van der Waals surface area contributed by atoms with Crippen molar-refractivity contribution in [2.45, 2.75) is 25.5 Å². The number of aliphatic hydroxyl groups excluding tert-OH is 1. The van der Waals surface area contributed by atoms with Crippen molar-refractivity contribution in [2.75, 3.05) is 11.9 Å². The molecule has 0 spiro atoms. The Balaban J connectivity index is 0.00000176. The van der Waals surface area contributed by atoms with Crippen LogP contribution in [0.15, 0.2) is 29.6 Å². The SMILES string of the molecule is Cc1nc(-c2cccc(NC(=O)C3CC(O)CN3)c2)cs1.Cl. The summed E-state index contributed by atoms with van der Waals surface area (Å²) in [4.78, 5) is 16.6. The second-order valence-corrected chi connectivity index (χ2v) is 6.23. The molecule has 0 bridgehead atoms. The maximum absolute atomic E-state index is 12.1. The van der Waals surface area contributed by atoms with Crippen LogP contribution < -0.4 is 10.6 Å². The molecule has 3 rings (SSSR count). The highest BCUT2D eigenvalue weighted by Gasteiger charge is 2.27. The largest absolute Gasteiger partial charge is 0.392 e. The highest BCUT2D eigenvalue weighted by Crippen LogP contribution is 2.24. The van der Waals surface area contributed by atoms with E-state index in [-0.39, 0.29) is 24.4 Å². The zero-order chi connectivity index (χ0) is 14.8. The molecule has 7 heteroatoms. The number of β-amino-alcohol motifs (C(OH)–C–C–N with tert-alkyl or cyclic N) is 1. The number of nitrogens with zero attached hydrogens (tertiary/aromatic N) is 1. The number of aromatic nitrogens is 1. The molecule has 0 radical (unpaired) electrons. The third kappa shape index (κ3) is 3.84. The van der Waals surface area contributed by atoms with Crippen molar-refractivity contribution in [2.24, 2.45) is 0 Å². The number of hydrogen-bond acceptors (Lipinski definition) is 5. The van der Waals surface area contributed by atoms with Crippen LogP contribution >= 0.6 is 23.7 Å². The fraction of sp³-hybridized carbons (Fsp3) is 0.333. The van der Waals surface area contributed by atoms with E-state index >= 15 is 0 Å². The van der Waals surface area contributed by atoms with E-state index in [0.717, 1.165) is 22.0 Å². The highest BCUT2D eigenvalue weighted by molar-refractivity contribution is 7.09. The summed E-state index contributed by atoms with van der Waals surface area (Å²) in [5, 5.41) is 18.4. The van der Waals surface area contributed by atoms with Crippen LogP contribution in [0.25, 0.3) is 11.3 Å². The number of carbonyl (C=O) groups excluding carboxylic acids is 1. The Kier molecular flexibility index (Phi) is 5.52. The number of rotatable bonds is 3. The molecule has 2 unspecified atom stereocenters. The summed E-state index contributed by atoms with van der Waals surface area (Å²) in [5.41, 5.74) is 2.64. The van der Waals surface area contributed by atoms with E-state index < -0.39 is 6.10 Å². The van der Waals surface area contributed by atoms with Gasteiger partial charge in [-0.1, -0.05) is 12.1 Å². The predicted octanol–water partition coefficient (Wildman–Crippen LogP) is 2.20. The lowest BCUT2D eigenvalue weighted by molar-refractivity contribution is -0.117. The number of anilines is 1. The maximum Gasteiger partial charge on any atom is 0.241 e. The molecule has 0 aliphatic carbocycles. The van der Waals surface area contributed by atoms with Crippen LogP contribution in [0.4, 0.5) is 5.69 Å². The summed E-state index contributed by atoms with van der Waals surface area (Å²) in [6, 6.07) is 7.31. The molecular formula is C15H18ClN3O2S. The lowest BCUT2D eigenvalue weighted by atomic mass is 10.1. The topological polar surface area (TPSA) is 74.2 Å². The molecule has 22 heavy (non-hydrogen) atoms. The Morgan fingerprint density at radius 1 is 1.50 bits per heavy atom. The molecule has 5 nitrogen and oxygen atoms in total. The molecule has 1 saturated heterocycles. The smallest absolute Gasteiger partial charge is 0.241 e. The van der Waals surface area contributed by atoms with Crippen LogP contribution in [-0.2, 0) is 4.79 Å². The first-order valence-corrected chi connectivity index (χ1v) is 7.74. The molecule has 1 aromatic heterocycles. The summed E-state index contributed by atoms with van der Waals surface area (Å²) >= 11 is 1.60. The van der Waals surface area contributed by atoms with E-state index in [1.54, 1.807) is 11.3 Å². The second-order valence-electron chi connectivity index (χ2n) is 5.17. The predicted molar refractivity (Wildman–Crippen MR) is 90.6 cm³/mol. The molecule has 3 N–H and O–H groups in total. The van der Waals surface area contributed by atoms with Crippen LogP contribution in [0.3, 0.4) is 0 Å². The van der Waals surface area contributed by atoms with Crippen molar-refractivity contribution in [3.05, 3.63) is 34.7 Å². The van der Waals surface area contributed by atoms with E-state index in [2.05, 4.69) is 15.6 Å². The molecule has 1 amide bonds. The Bertz CT molecular complexity index is 662. The van der Waals surface area contributed by atoms with Crippen molar-refractivity contribution in [3.8, 4) is 11.3 Å². The van der Waals surface area contributed by atoms with E-state index in [0.29, 0.717) is 13.0 Å². The van der Waals surface area contributed by atoms with Gasteiger partial charge in [0.15, 0.2) is 0 Å². The van der Waals surface area contributed by atoms with Gasteiger partial charge < -0.3 is 15.7 Å². The third-order valence-electron chi connectivity index (χ3n) is 3.47. The van der Waals surface area contributed by atoms with Crippen LogP contribution in [0, 0.1) is 6.92 Å². The molecule has 2 atom stereocenters. The van der Waals surface area contributed by atoms with Gasteiger partial charge in [-0.05, 0) is 25.5 Å². The lowest BCUT2D eigenvalue weighted by Crippen LogP contribution is -2.35. The van der Waals surface area contributed by atoms with E-state index in [1.807, 2.05) is 36.6 Å². The lowest BCUT2D eigenvalue weighted by Gasteiger charge is -2.11. The van der Waals surface area contributed by atoms with E-state index in [4.69, 9.17) is 0 Å². The number of halogens is 1. The van der Waals surface area contributed by atoms with Gasteiger partial charge in [0.2, 0.25) is 5.91 Å². The number of nitrogens with one attached hydrogen (secondary N) is 2. The van der Waals surface area contributed by atoms with Gasteiger partial charge in [0.25, 0.3) is 0 Å². The van der Waals surface area contributed by atoms with Crippen LogP contribution in [0.1, 0.15) is 11.4 Å². The number of hydrogen-bond donors (Lipinski definition) is 3. The standard InChI is InChI=1S/C15H17N3O2S.ClH/c1-9-17-14(8-21-9)10-3-2-4-11(5-10)18-15(20)13-6-12(19)7-16-13;/h2-5,8,12-13,16,19H,6-7H2,1H3,(H,18,20);1H. The molecule has 1 fully saturated rings. The normalized spacial score (nSPS) is 20.5. The average Bonchev–Trinajstić information content (AvgIpc) is 3.08. The molecule has 1 aromatic carbocycles. The number of carbonyl (C=O) groups is 1. The van der Waals surface area contributed by atoms with Gasteiger partial charge in [-0.3, -0.25) is 4.79 Å². The second kappa shape index (κ2) is 7.19. The summed E-state index contributed by atoms with van der Waals surface area (Å²) in [5.74, 6) is -0.113. The van der Waals surface area contributed by atoms with Gasteiger partial charge in [0.05, 0.1) is 22.8 Å². The first-order valence-electron chi connectivity index (χ1n) is 6.87. The van der Waals surface area contributed by atoms with Gasteiger partial charge in [-0.25, -0.2) is 4.98 Å². The van der Waals surface area contributed by atoms with Gasteiger partial charge in [-0.2, -0.15) is 0 Å². The van der Waals surface area contributed by atoms with Crippen molar-refractivity contribution in [1.29, 1.82) is 0 Å². The Labute approximate surface area is 139 Å². The molecule has 2 heterocycles. The molecular weight excluding hydrogens is 322 g/mol. The Hall–Kier alpha value is -1.47. The Morgan fingerprint density at radius 3 is 2.95 bits per heavy atom. The van der Waals surface area contributed by atoms with E-state index in [9.17, 15) is 9.90 Å². The number of thiazole rings is 1. The van der Waals surface area contributed by atoms with Crippen molar-refractivity contribution >= 4 is 35.3 Å².